The molecule has 0 bridgehead atoms. The monoisotopic (exact) mass is 841 g/mol. The van der Waals surface area contributed by atoms with Crippen LogP contribution in [-0.4, -0.2) is 80.0 Å². The maximum absolute atomic E-state index is 15.8. The highest BCUT2D eigenvalue weighted by Gasteiger charge is 2.43. The fourth-order valence-corrected chi connectivity index (χ4v) is 7.59. The van der Waals surface area contributed by atoms with Gasteiger partial charge in [0.2, 0.25) is 5.91 Å². The lowest BCUT2D eigenvalue weighted by molar-refractivity contribution is -0.121. The van der Waals surface area contributed by atoms with E-state index in [1.54, 1.807) is 52.5 Å². The third-order valence-corrected chi connectivity index (χ3v) is 15.1. The number of morpholine rings is 1. The molecule has 1 unspecified atom stereocenters. The molecule has 2 N–H and O–H groups in total. The van der Waals surface area contributed by atoms with Crippen molar-refractivity contribution in [3.05, 3.63) is 101 Å². The number of hydrogen-bond acceptors (Lipinski definition) is 7. The highest BCUT2D eigenvalue weighted by atomic mass is 28.4. The topological polar surface area (TPSA) is 115 Å². The first-order chi connectivity index (χ1) is 27.2. The molecular weight excluding hydrogens is 780 g/mol. The van der Waals surface area contributed by atoms with E-state index in [4.69, 9.17) is 18.6 Å². The Morgan fingerprint density at radius 3 is 1.88 bits per heavy atom. The van der Waals surface area contributed by atoms with Gasteiger partial charge in [-0.1, -0.05) is 51.1 Å². The third-order valence-electron chi connectivity index (χ3n) is 10.6. The smallest absolute Gasteiger partial charge is 0.410 e. The van der Waals surface area contributed by atoms with Crippen molar-refractivity contribution in [2.75, 3.05) is 18.5 Å². The lowest BCUT2D eigenvalue weighted by Crippen LogP contribution is -2.60. The maximum atomic E-state index is 15.8. The Bertz CT molecular complexity index is 1860. The predicted molar refractivity (Wildman–Crippen MR) is 225 cm³/mol. The van der Waals surface area contributed by atoms with Crippen molar-refractivity contribution in [2.24, 2.45) is 0 Å². The Kier molecular flexibility index (Phi) is 15.1. The number of carbonyl (C=O) groups excluding carboxylic acids is 3. The van der Waals surface area contributed by atoms with Gasteiger partial charge in [0.25, 0.3) is 0 Å². The van der Waals surface area contributed by atoms with Crippen molar-refractivity contribution < 1.29 is 46.2 Å². The van der Waals surface area contributed by atoms with Crippen LogP contribution in [0, 0.1) is 17.5 Å². The molecule has 324 valence electrons. The molecule has 4 rings (SSSR count). The van der Waals surface area contributed by atoms with E-state index in [1.165, 1.54) is 60.7 Å². The molecular formula is C45H62F3N3O7Si. The summed E-state index contributed by atoms with van der Waals surface area (Å²) in [5.74, 6) is -3.30. The van der Waals surface area contributed by atoms with Crippen LogP contribution in [0.2, 0.25) is 18.1 Å². The zero-order valence-corrected chi connectivity index (χ0v) is 37.5. The molecule has 3 aromatic rings. The van der Waals surface area contributed by atoms with E-state index in [0.29, 0.717) is 11.1 Å². The number of hydrogen-bond donors (Lipinski definition) is 2. The molecule has 1 aliphatic rings. The Balaban J connectivity index is 1.63. The van der Waals surface area contributed by atoms with Crippen LogP contribution in [0.4, 0.5) is 28.4 Å². The summed E-state index contributed by atoms with van der Waals surface area (Å²) in [7, 11) is -2.18. The molecule has 1 saturated heterocycles. The molecule has 59 heavy (non-hydrogen) atoms. The summed E-state index contributed by atoms with van der Waals surface area (Å²) in [6.07, 6.45) is -1.99. The van der Waals surface area contributed by atoms with E-state index in [1.807, 2.05) is 6.92 Å². The van der Waals surface area contributed by atoms with E-state index in [-0.39, 0.29) is 42.3 Å². The average Bonchev–Trinajstić information content (AvgIpc) is 3.10. The van der Waals surface area contributed by atoms with Crippen LogP contribution >= 0.6 is 0 Å². The highest BCUT2D eigenvalue weighted by Crippen LogP contribution is 2.38. The summed E-state index contributed by atoms with van der Waals surface area (Å²) in [5, 5.41) is 5.45. The summed E-state index contributed by atoms with van der Waals surface area (Å²) in [6, 6.07) is 13.3. The van der Waals surface area contributed by atoms with E-state index in [2.05, 4.69) is 44.5 Å². The highest BCUT2D eigenvalue weighted by molar-refractivity contribution is 6.74. The fourth-order valence-electron chi connectivity index (χ4n) is 6.57. The second-order valence-corrected chi connectivity index (χ2v) is 23.5. The Morgan fingerprint density at radius 1 is 0.831 bits per heavy atom. The number of nitrogens with zero attached hydrogens (tertiary/aromatic N) is 1. The van der Waals surface area contributed by atoms with E-state index >= 15 is 4.39 Å². The van der Waals surface area contributed by atoms with Crippen molar-refractivity contribution in [1.29, 1.82) is 0 Å². The van der Waals surface area contributed by atoms with Gasteiger partial charge in [0.1, 0.15) is 34.7 Å². The molecule has 3 aromatic carbocycles. The standard InChI is InChI=1S/C45H62F3N3O7Si/c1-28-37(27-55-59(11,12)45(8,9)10)51(42(54)58-44(5,6)7)26-33(56-28)24-25-34-35(48)14-13-15-36(34)49-40(52)39(50-41(53)57-43(2,3)4)38(29-16-20-31(46)21-17-29)30-18-22-32(47)23-19-30/h13-23,28,33,37-39H,24-27H2,1-12H3,(H,49,52)(H,50,53)/t28-,33+,37+,39?/m0/s1. The Morgan fingerprint density at radius 2 is 1.37 bits per heavy atom. The van der Waals surface area contributed by atoms with Crippen LogP contribution in [0.3, 0.4) is 0 Å². The van der Waals surface area contributed by atoms with Gasteiger partial charge in [-0.05, 0) is 127 Å². The Hall–Kier alpha value is -4.40. The lowest BCUT2D eigenvalue weighted by atomic mass is 9.84. The predicted octanol–water partition coefficient (Wildman–Crippen LogP) is 10.1. The second kappa shape index (κ2) is 18.9. The fraction of sp³-hybridized carbons (Fsp3) is 0.533. The van der Waals surface area contributed by atoms with Crippen molar-refractivity contribution in [1.82, 2.24) is 10.2 Å². The Labute approximate surface area is 348 Å². The molecule has 4 atom stereocenters. The van der Waals surface area contributed by atoms with Crippen LogP contribution in [0.1, 0.15) is 98.3 Å². The number of alkyl carbamates (subject to hydrolysis) is 1. The average molecular weight is 842 g/mol. The van der Waals surface area contributed by atoms with Gasteiger partial charge < -0.3 is 29.3 Å². The van der Waals surface area contributed by atoms with Crippen LogP contribution in [0.25, 0.3) is 0 Å². The zero-order valence-electron chi connectivity index (χ0n) is 36.5. The first kappa shape index (κ1) is 47.3. The van der Waals surface area contributed by atoms with E-state index in [0.717, 1.165) is 0 Å². The first-order valence-corrected chi connectivity index (χ1v) is 23.0. The molecule has 0 radical (unpaired) electrons. The number of ether oxygens (including phenoxy) is 3. The third kappa shape index (κ3) is 13.3. The lowest BCUT2D eigenvalue weighted by Gasteiger charge is -2.45. The number of benzene rings is 3. The number of amides is 3. The van der Waals surface area contributed by atoms with E-state index in [9.17, 15) is 23.2 Å². The quantitative estimate of drug-likeness (QED) is 0.175. The molecule has 1 aliphatic heterocycles. The van der Waals surface area contributed by atoms with Crippen molar-refractivity contribution in [2.45, 2.75) is 142 Å². The van der Waals surface area contributed by atoms with Gasteiger partial charge in [0, 0.05) is 17.2 Å². The van der Waals surface area contributed by atoms with Gasteiger partial charge in [0.15, 0.2) is 8.32 Å². The molecule has 10 nitrogen and oxygen atoms in total. The SMILES string of the molecule is C[C@@H]1O[C@H](CCc2c(F)cccc2NC(=O)C(NC(=O)OC(C)(C)C)C(c2ccc(F)cc2)c2ccc(F)cc2)CN(C(=O)OC(C)(C)C)[C@@H]1CO[Si](C)(C)C(C)(C)C. The van der Waals surface area contributed by atoms with Crippen molar-refractivity contribution in [3.8, 4) is 0 Å². The summed E-state index contributed by atoms with van der Waals surface area (Å²) in [6.45, 7) is 23.5. The molecule has 0 aliphatic carbocycles. The molecule has 3 amide bonds. The van der Waals surface area contributed by atoms with Crippen molar-refractivity contribution in [3.63, 3.8) is 0 Å². The summed E-state index contributed by atoms with van der Waals surface area (Å²) < 4.78 is 68.4. The summed E-state index contributed by atoms with van der Waals surface area (Å²) in [4.78, 5) is 43.1. The summed E-state index contributed by atoms with van der Waals surface area (Å²) >= 11 is 0. The van der Waals surface area contributed by atoms with Gasteiger partial charge in [-0.25, -0.2) is 22.8 Å². The zero-order chi connectivity index (χ0) is 44.1. The minimum Gasteiger partial charge on any atom is -0.444 e. The molecule has 0 spiro atoms. The van der Waals surface area contributed by atoms with E-state index < -0.39 is 85.3 Å². The number of anilines is 1. The molecule has 1 heterocycles. The van der Waals surface area contributed by atoms with Crippen LogP contribution < -0.4 is 10.6 Å². The van der Waals surface area contributed by atoms with Gasteiger partial charge in [-0.3, -0.25) is 9.69 Å². The number of nitrogens with one attached hydrogen (secondary N) is 2. The maximum Gasteiger partial charge on any atom is 0.410 e. The summed E-state index contributed by atoms with van der Waals surface area (Å²) in [5.41, 5.74) is -0.448. The molecule has 14 heteroatoms. The normalized spacial score (nSPS) is 18.3. The van der Waals surface area contributed by atoms with Crippen LogP contribution in [0.15, 0.2) is 66.7 Å². The number of carbonyl (C=O) groups is 3. The minimum absolute atomic E-state index is 0.0490. The van der Waals surface area contributed by atoms with Gasteiger partial charge in [-0.15, -0.1) is 0 Å². The number of halogens is 3. The molecule has 1 fully saturated rings. The van der Waals surface area contributed by atoms with Crippen LogP contribution in [-0.2, 0) is 29.9 Å². The first-order valence-electron chi connectivity index (χ1n) is 20.1. The molecule has 0 saturated carbocycles. The van der Waals surface area contributed by atoms with Gasteiger partial charge >= 0.3 is 12.2 Å². The molecule has 0 aromatic heterocycles. The van der Waals surface area contributed by atoms with Gasteiger partial charge in [0.05, 0.1) is 31.4 Å². The minimum atomic E-state index is -2.18. The number of rotatable bonds is 12. The van der Waals surface area contributed by atoms with Crippen molar-refractivity contribution >= 4 is 32.1 Å². The van der Waals surface area contributed by atoms with Crippen LogP contribution in [0.5, 0.6) is 0 Å². The second-order valence-electron chi connectivity index (χ2n) is 18.7. The van der Waals surface area contributed by atoms with Gasteiger partial charge in [-0.2, -0.15) is 0 Å². The largest absolute Gasteiger partial charge is 0.444 e.